The Bertz CT molecular complexity index is 736. The van der Waals surface area contributed by atoms with Crippen molar-refractivity contribution in [2.75, 3.05) is 20.1 Å². The van der Waals surface area contributed by atoms with Gasteiger partial charge in [0.1, 0.15) is 0 Å². The van der Waals surface area contributed by atoms with Crippen LogP contribution in [-0.4, -0.2) is 45.5 Å². The number of piperidine rings is 1. The standard InChI is InChI=1S/C20H34N4O2S/c1-15(2)23-27(25,26)14-19-9-7-6-8-18(19)11-22-20(21-5)24-12-16(3)10-17(4)13-24/h6-9,15-17,23H,10-14H2,1-5H3,(H,21,22). The molecule has 1 saturated heterocycles. The summed E-state index contributed by atoms with van der Waals surface area (Å²) in [5, 5.41) is 3.42. The number of nitrogens with one attached hydrogen (secondary N) is 2. The van der Waals surface area contributed by atoms with Crippen LogP contribution < -0.4 is 10.0 Å². The SMILES string of the molecule is CN=C(NCc1ccccc1CS(=O)(=O)NC(C)C)N1CC(C)CC(C)C1. The fraction of sp³-hybridized carbons (Fsp3) is 0.650. The largest absolute Gasteiger partial charge is 0.352 e. The summed E-state index contributed by atoms with van der Waals surface area (Å²) >= 11 is 0. The van der Waals surface area contributed by atoms with Gasteiger partial charge in [0.05, 0.1) is 5.75 Å². The van der Waals surface area contributed by atoms with E-state index in [-0.39, 0.29) is 11.8 Å². The third-order valence-corrected chi connectivity index (χ3v) is 6.22. The number of hydrogen-bond donors (Lipinski definition) is 2. The lowest BCUT2D eigenvalue weighted by Crippen LogP contribution is -2.48. The lowest BCUT2D eigenvalue weighted by molar-refractivity contribution is 0.208. The van der Waals surface area contributed by atoms with Crippen LogP contribution in [0.3, 0.4) is 0 Å². The van der Waals surface area contributed by atoms with Crippen LogP contribution >= 0.6 is 0 Å². The molecule has 27 heavy (non-hydrogen) atoms. The summed E-state index contributed by atoms with van der Waals surface area (Å²) in [6.45, 7) is 10.8. The van der Waals surface area contributed by atoms with Crippen molar-refractivity contribution in [2.45, 2.75) is 52.5 Å². The Labute approximate surface area is 164 Å². The monoisotopic (exact) mass is 394 g/mol. The molecule has 2 unspecified atom stereocenters. The maximum absolute atomic E-state index is 12.3. The van der Waals surface area contributed by atoms with Crippen molar-refractivity contribution in [1.82, 2.24) is 14.9 Å². The lowest BCUT2D eigenvalue weighted by atomic mass is 9.92. The van der Waals surface area contributed by atoms with Gasteiger partial charge in [-0.1, -0.05) is 38.1 Å². The van der Waals surface area contributed by atoms with E-state index in [1.165, 1.54) is 6.42 Å². The Morgan fingerprint density at radius 1 is 1.19 bits per heavy atom. The maximum atomic E-state index is 12.3. The Hall–Kier alpha value is -1.60. The zero-order valence-electron chi connectivity index (χ0n) is 17.2. The minimum absolute atomic E-state index is 0.0145. The molecule has 2 rings (SSSR count). The molecule has 0 saturated carbocycles. The molecule has 0 radical (unpaired) electrons. The second-order valence-electron chi connectivity index (χ2n) is 8.05. The van der Waals surface area contributed by atoms with Crippen LogP contribution in [0.25, 0.3) is 0 Å². The van der Waals surface area contributed by atoms with Crippen LogP contribution in [-0.2, 0) is 22.3 Å². The molecule has 0 aliphatic carbocycles. The van der Waals surface area contributed by atoms with Gasteiger partial charge in [-0.15, -0.1) is 0 Å². The molecule has 1 aromatic carbocycles. The number of nitrogens with zero attached hydrogens (tertiary/aromatic N) is 2. The first kappa shape index (κ1) is 21.7. The molecule has 152 valence electrons. The second kappa shape index (κ2) is 9.55. The number of benzene rings is 1. The number of likely N-dealkylation sites (tertiary alicyclic amines) is 1. The van der Waals surface area contributed by atoms with E-state index in [2.05, 4.69) is 33.8 Å². The molecular formula is C20H34N4O2S. The van der Waals surface area contributed by atoms with E-state index in [9.17, 15) is 8.42 Å². The van der Waals surface area contributed by atoms with Crippen LogP contribution in [0.2, 0.25) is 0 Å². The number of aliphatic imine (C=N–C) groups is 1. The van der Waals surface area contributed by atoms with Crippen LogP contribution in [0, 0.1) is 11.8 Å². The van der Waals surface area contributed by atoms with E-state index in [4.69, 9.17) is 0 Å². The topological polar surface area (TPSA) is 73.8 Å². The summed E-state index contributed by atoms with van der Waals surface area (Å²) in [7, 11) is -1.55. The van der Waals surface area contributed by atoms with E-state index in [1.54, 1.807) is 7.05 Å². The lowest BCUT2D eigenvalue weighted by Gasteiger charge is -2.37. The van der Waals surface area contributed by atoms with Crippen molar-refractivity contribution in [2.24, 2.45) is 16.8 Å². The number of sulfonamides is 1. The number of rotatable bonds is 6. The first-order valence-corrected chi connectivity index (χ1v) is 11.4. The highest BCUT2D eigenvalue weighted by molar-refractivity contribution is 7.88. The van der Waals surface area contributed by atoms with Crippen molar-refractivity contribution in [1.29, 1.82) is 0 Å². The minimum Gasteiger partial charge on any atom is -0.352 e. The smallest absolute Gasteiger partial charge is 0.216 e. The van der Waals surface area contributed by atoms with Gasteiger partial charge in [-0.05, 0) is 43.2 Å². The highest BCUT2D eigenvalue weighted by atomic mass is 32.2. The Morgan fingerprint density at radius 3 is 2.33 bits per heavy atom. The summed E-state index contributed by atoms with van der Waals surface area (Å²) in [6, 6.07) is 7.57. The molecule has 0 amide bonds. The van der Waals surface area contributed by atoms with Crippen molar-refractivity contribution >= 4 is 16.0 Å². The summed E-state index contributed by atoms with van der Waals surface area (Å²) in [4.78, 5) is 6.74. The van der Waals surface area contributed by atoms with Gasteiger partial charge in [-0.2, -0.15) is 0 Å². The van der Waals surface area contributed by atoms with E-state index >= 15 is 0 Å². The van der Waals surface area contributed by atoms with Crippen molar-refractivity contribution in [3.05, 3.63) is 35.4 Å². The quantitative estimate of drug-likeness (QED) is 0.574. The Kier molecular flexibility index (Phi) is 7.68. The van der Waals surface area contributed by atoms with Gasteiger partial charge < -0.3 is 10.2 Å². The van der Waals surface area contributed by atoms with Gasteiger partial charge in [0.15, 0.2) is 5.96 Å². The molecule has 2 N–H and O–H groups in total. The highest BCUT2D eigenvalue weighted by Crippen LogP contribution is 2.21. The van der Waals surface area contributed by atoms with Crippen molar-refractivity contribution in [3.8, 4) is 0 Å². The van der Waals surface area contributed by atoms with Crippen LogP contribution in [0.5, 0.6) is 0 Å². The maximum Gasteiger partial charge on any atom is 0.216 e. The van der Waals surface area contributed by atoms with Gasteiger partial charge in [0, 0.05) is 32.7 Å². The Balaban J connectivity index is 2.07. The van der Waals surface area contributed by atoms with E-state index in [0.717, 1.165) is 30.2 Å². The summed E-state index contributed by atoms with van der Waals surface area (Å²) in [6.07, 6.45) is 1.25. The zero-order chi connectivity index (χ0) is 20.0. The fourth-order valence-corrected chi connectivity index (χ4v) is 5.31. The van der Waals surface area contributed by atoms with Gasteiger partial charge in [0.25, 0.3) is 0 Å². The molecule has 1 aromatic rings. The van der Waals surface area contributed by atoms with Gasteiger partial charge in [-0.25, -0.2) is 13.1 Å². The average Bonchev–Trinajstić information content (AvgIpc) is 2.54. The van der Waals surface area contributed by atoms with Crippen molar-refractivity contribution in [3.63, 3.8) is 0 Å². The fourth-order valence-electron chi connectivity index (χ4n) is 3.82. The molecule has 1 fully saturated rings. The molecule has 0 bridgehead atoms. The predicted molar refractivity (Wildman–Crippen MR) is 112 cm³/mol. The normalized spacial score (nSPS) is 21.6. The third-order valence-electron chi connectivity index (χ3n) is 4.70. The molecule has 1 aliphatic rings. The van der Waals surface area contributed by atoms with E-state index in [0.29, 0.717) is 18.4 Å². The number of hydrogen-bond acceptors (Lipinski definition) is 3. The Morgan fingerprint density at radius 2 is 1.78 bits per heavy atom. The van der Waals surface area contributed by atoms with Gasteiger partial charge in [0.2, 0.25) is 10.0 Å². The van der Waals surface area contributed by atoms with E-state index in [1.807, 2.05) is 38.1 Å². The minimum atomic E-state index is -3.35. The molecule has 2 atom stereocenters. The summed E-state index contributed by atoms with van der Waals surface area (Å²) < 4.78 is 27.3. The third kappa shape index (κ3) is 6.81. The molecule has 0 aromatic heterocycles. The van der Waals surface area contributed by atoms with Crippen LogP contribution in [0.4, 0.5) is 0 Å². The average molecular weight is 395 g/mol. The highest BCUT2D eigenvalue weighted by Gasteiger charge is 2.24. The molecule has 6 nitrogen and oxygen atoms in total. The first-order valence-electron chi connectivity index (χ1n) is 9.72. The molecule has 1 heterocycles. The second-order valence-corrected chi connectivity index (χ2v) is 9.81. The number of guanidine groups is 1. The molecule has 1 aliphatic heterocycles. The molecular weight excluding hydrogens is 360 g/mol. The van der Waals surface area contributed by atoms with Crippen LogP contribution in [0.15, 0.2) is 29.3 Å². The van der Waals surface area contributed by atoms with Crippen molar-refractivity contribution < 1.29 is 8.42 Å². The predicted octanol–water partition coefficient (Wildman–Crippen LogP) is 2.57. The zero-order valence-corrected chi connectivity index (χ0v) is 18.0. The molecule has 0 spiro atoms. The van der Waals surface area contributed by atoms with E-state index < -0.39 is 10.0 Å². The molecule has 7 heteroatoms. The first-order chi connectivity index (χ1) is 12.7. The van der Waals surface area contributed by atoms with Gasteiger partial charge >= 0.3 is 0 Å². The van der Waals surface area contributed by atoms with Crippen LogP contribution in [0.1, 0.15) is 45.2 Å². The van der Waals surface area contributed by atoms with Gasteiger partial charge in [-0.3, -0.25) is 4.99 Å². The summed E-state index contributed by atoms with van der Waals surface area (Å²) in [5.74, 6) is 2.16. The summed E-state index contributed by atoms with van der Waals surface area (Å²) in [5.41, 5.74) is 1.79.